The number of nitrogens with two attached hydrogens (primary N) is 1. The van der Waals surface area contributed by atoms with Crippen LogP contribution in [0.25, 0.3) is 11.4 Å². The fraction of sp³-hybridized carbons (Fsp3) is 0.400. The second kappa shape index (κ2) is 8.98. The molecule has 2 aromatic rings. The van der Waals surface area contributed by atoms with Crippen LogP contribution in [-0.2, 0) is 22.6 Å². The molecule has 0 saturated heterocycles. The Bertz CT molecular complexity index is 665. The first kappa shape index (κ1) is 20.4. The number of ether oxygens (including phenoxy) is 1. The maximum Gasteiger partial charge on any atom is 0.242 e. The molecule has 1 aliphatic heterocycles. The van der Waals surface area contributed by atoms with Crippen molar-refractivity contribution >= 4 is 30.7 Å². The van der Waals surface area contributed by atoms with Crippen LogP contribution in [0, 0.1) is 0 Å². The number of carbonyl (C=O) groups excluding carboxylic acids is 1. The molecular formula is C15H21Cl2N5O2. The van der Waals surface area contributed by atoms with Crippen LogP contribution in [0.4, 0.5) is 0 Å². The Morgan fingerprint density at radius 1 is 1.25 bits per heavy atom. The number of hydrogen-bond acceptors (Lipinski definition) is 5. The quantitative estimate of drug-likeness (QED) is 0.866. The van der Waals surface area contributed by atoms with Gasteiger partial charge in [-0.3, -0.25) is 4.79 Å². The van der Waals surface area contributed by atoms with Gasteiger partial charge in [0.05, 0.1) is 13.2 Å². The van der Waals surface area contributed by atoms with Crippen molar-refractivity contribution in [1.82, 2.24) is 19.7 Å². The molecule has 0 saturated carbocycles. The molecule has 0 spiro atoms. The number of hydrogen-bond donors (Lipinski definition) is 1. The second-order valence-electron chi connectivity index (χ2n) is 5.28. The van der Waals surface area contributed by atoms with Gasteiger partial charge in [0.25, 0.3) is 0 Å². The predicted octanol–water partition coefficient (Wildman–Crippen LogP) is 1.10. The highest BCUT2D eigenvalue weighted by molar-refractivity contribution is 5.85. The Morgan fingerprint density at radius 2 is 1.96 bits per heavy atom. The van der Waals surface area contributed by atoms with Crippen molar-refractivity contribution in [1.29, 1.82) is 0 Å². The molecule has 24 heavy (non-hydrogen) atoms. The van der Waals surface area contributed by atoms with Crippen LogP contribution in [0.15, 0.2) is 30.3 Å². The number of halogens is 2. The highest BCUT2D eigenvalue weighted by Crippen LogP contribution is 2.21. The fourth-order valence-corrected chi connectivity index (χ4v) is 2.63. The molecule has 3 rings (SSSR count). The van der Waals surface area contributed by atoms with Crippen LogP contribution in [0.3, 0.4) is 0 Å². The van der Waals surface area contributed by atoms with Gasteiger partial charge in [-0.2, -0.15) is 0 Å². The SMILES string of the molecule is COCC(N)C(=O)N1CCn2c(nnc2-c2ccccc2)C1.Cl.Cl. The molecule has 7 nitrogen and oxygen atoms in total. The van der Waals surface area contributed by atoms with Gasteiger partial charge < -0.3 is 19.9 Å². The molecule has 0 bridgehead atoms. The number of benzene rings is 1. The van der Waals surface area contributed by atoms with Crippen LogP contribution in [0.5, 0.6) is 0 Å². The van der Waals surface area contributed by atoms with E-state index in [4.69, 9.17) is 10.5 Å². The molecule has 1 aromatic heterocycles. The summed E-state index contributed by atoms with van der Waals surface area (Å²) in [6, 6.07) is 9.29. The number of aromatic nitrogens is 3. The Morgan fingerprint density at radius 3 is 2.62 bits per heavy atom. The lowest BCUT2D eigenvalue weighted by atomic mass is 10.2. The lowest BCUT2D eigenvalue weighted by Crippen LogP contribution is -2.48. The maximum absolute atomic E-state index is 12.2. The van der Waals surface area contributed by atoms with E-state index in [0.717, 1.165) is 17.2 Å². The number of rotatable bonds is 4. The summed E-state index contributed by atoms with van der Waals surface area (Å²) >= 11 is 0. The summed E-state index contributed by atoms with van der Waals surface area (Å²) in [5, 5.41) is 8.48. The van der Waals surface area contributed by atoms with Crippen LogP contribution in [0.1, 0.15) is 5.82 Å². The third kappa shape index (κ3) is 4.05. The van der Waals surface area contributed by atoms with Crippen LogP contribution < -0.4 is 5.73 Å². The van der Waals surface area contributed by atoms with Crippen LogP contribution in [0.2, 0.25) is 0 Å². The largest absolute Gasteiger partial charge is 0.383 e. The van der Waals surface area contributed by atoms with Crippen LogP contribution >= 0.6 is 24.8 Å². The standard InChI is InChI=1S/C15H19N5O2.2ClH/c1-22-10-12(16)15(21)19-7-8-20-13(9-19)17-18-14(20)11-5-3-2-4-6-11;;/h2-6,12H,7-10,16H2,1H3;2*1H. The van der Waals surface area contributed by atoms with E-state index in [0.29, 0.717) is 19.6 Å². The van der Waals surface area contributed by atoms with E-state index in [-0.39, 0.29) is 37.3 Å². The van der Waals surface area contributed by atoms with E-state index in [1.807, 2.05) is 30.3 Å². The normalized spacial score (nSPS) is 14.2. The Kier molecular flexibility index (Phi) is 7.62. The van der Waals surface area contributed by atoms with Gasteiger partial charge in [-0.25, -0.2) is 0 Å². The zero-order valence-corrected chi connectivity index (χ0v) is 14.9. The number of carbonyl (C=O) groups is 1. The van der Waals surface area contributed by atoms with E-state index in [9.17, 15) is 4.79 Å². The summed E-state index contributed by atoms with van der Waals surface area (Å²) in [4.78, 5) is 13.9. The Balaban J connectivity index is 0.00000144. The molecule has 0 aliphatic carbocycles. The van der Waals surface area contributed by atoms with Crippen molar-refractivity contribution in [2.45, 2.75) is 19.1 Å². The molecule has 1 atom stereocenters. The topological polar surface area (TPSA) is 86.3 Å². The molecule has 1 aromatic carbocycles. The molecule has 0 radical (unpaired) electrons. The maximum atomic E-state index is 12.2. The lowest BCUT2D eigenvalue weighted by Gasteiger charge is -2.29. The molecule has 132 valence electrons. The molecule has 9 heteroatoms. The molecular weight excluding hydrogens is 353 g/mol. The zero-order chi connectivity index (χ0) is 15.5. The first-order valence-corrected chi connectivity index (χ1v) is 7.21. The first-order valence-electron chi connectivity index (χ1n) is 7.21. The van der Waals surface area contributed by atoms with E-state index < -0.39 is 6.04 Å². The molecule has 1 amide bonds. The van der Waals surface area contributed by atoms with Gasteiger partial charge in [-0.05, 0) is 0 Å². The van der Waals surface area contributed by atoms with E-state index in [1.165, 1.54) is 7.11 Å². The van der Waals surface area contributed by atoms with Gasteiger partial charge in [0.15, 0.2) is 11.6 Å². The summed E-state index contributed by atoms with van der Waals surface area (Å²) in [7, 11) is 1.53. The predicted molar refractivity (Wildman–Crippen MR) is 95.2 cm³/mol. The summed E-state index contributed by atoms with van der Waals surface area (Å²) in [5.41, 5.74) is 6.84. The highest BCUT2D eigenvalue weighted by atomic mass is 35.5. The highest BCUT2D eigenvalue weighted by Gasteiger charge is 2.27. The van der Waals surface area contributed by atoms with Gasteiger partial charge in [0, 0.05) is 25.8 Å². The van der Waals surface area contributed by atoms with E-state index >= 15 is 0 Å². The van der Waals surface area contributed by atoms with Crippen molar-refractivity contribution in [3.05, 3.63) is 36.2 Å². The van der Waals surface area contributed by atoms with Crippen molar-refractivity contribution in [3.8, 4) is 11.4 Å². The summed E-state index contributed by atoms with van der Waals surface area (Å²) in [6.07, 6.45) is 0. The van der Waals surface area contributed by atoms with E-state index in [2.05, 4.69) is 14.8 Å². The van der Waals surface area contributed by atoms with Crippen molar-refractivity contribution in [2.24, 2.45) is 5.73 Å². The zero-order valence-electron chi connectivity index (χ0n) is 13.3. The van der Waals surface area contributed by atoms with Crippen molar-refractivity contribution < 1.29 is 9.53 Å². The monoisotopic (exact) mass is 373 g/mol. The van der Waals surface area contributed by atoms with Crippen molar-refractivity contribution in [2.75, 3.05) is 20.3 Å². The Hall–Kier alpha value is -1.67. The summed E-state index contributed by atoms with van der Waals surface area (Å²) < 4.78 is 7.00. The number of fused-ring (bicyclic) bond motifs is 1. The Labute approximate surface area is 153 Å². The number of nitrogens with zero attached hydrogens (tertiary/aromatic N) is 4. The molecule has 1 aliphatic rings. The third-order valence-corrected chi connectivity index (χ3v) is 3.76. The molecule has 2 heterocycles. The van der Waals surface area contributed by atoms with Crippen LogP contribution in [-0.4, -0.2) is 51.9 Å². The second-order valence-corrected chi connectivity index (χ2v) is 5.28. The van der Waals surface area contributed by atoms with Gasteiger partial charge in [-0.15, -0.1) is 35.0 Å². The fourth-order valence-electron chi connectivity index (χ4n) is 2.63. The first-order chi connectivity index (χ1) is 10.7. The van der Waals surface area contributed by atoms with Gasteiger partial charge in [-0.1, -0.05) is 30.3 Å². The van der Waals surface area contributed by atoms with Crippen molar-refractivity contribution in [3.63, 3.8) is 0 Å². The minimum atomic E-state index is -0.631. The minimum absolute atomic E-state index is 0. The minimum Gasteiger partial charge on any atom is -0.383 e. The number of amides is 1. The molecule has 1 unspecified atom stereocenters. The van der Waals surface area contributed by atoms with Gasteiger partial charge in [0.1, 0.15) is 6.04 Å². The average Bonchev–Trinajstić information content (AvgIpc) is 2.98. The number of methoxy groups -OCH3 is 1. The molecule has 0 fully saturated rings. The van der Waals surface area contributed by atoms with E-state index in [1.54, 1.807) is 4.90 Å². The molecule has 2 N–H and O–H groups in total. The average molecular weight is 374 g/mol. The van der Waals surface area contributed by atoms with Gasteiger partial charge in [0.2, 0.25) is 5.91 Å². The third-order valence-electron chi connectivity index (χ3n) is 3.76. The smallest absolute Gasteiger partial charge is 0.242 e. The van der Waals surface area contributed by atoms with Gasteiger partial charge >= 0.3 is 0 Å². The summed E-state index contributed by atoms with van der Waals surface area (Å²) in [5.74, 6) is 1.50. The summed E-state index contributed by atoms with van der Waals surface area (Å²) in [6.45, 7) is 1.91. The lowest BCUT2D eigenvalue weighted by molar-refractivity contribution is -0.135.